The highest BCUT2D eigenvalue weighted by molar-refractivity contribution is 7.15. The van der Waals surface area contributed by atoms with Crippen molar-refractivity contribution in [3.63, 3.8) is 0 Å². The van der Waals surface area contributed by atoms with Gasteiger partial charge in [0.05, 0.1) is 11.8 Å². The summed E-state index contributed by atoms with van der Waals surface area (Å²) in [5.74, 6) is -0.337. The molecule has 6 heteroatoms. The van der Waals surface area contributed by atoms with Crippen molar-refractivity contribution < 1.29 is 8.78 Å². The van der Waals surface area contributed by atoms with Crippen LogP contribution in [0.4, 0.5) is 8.78 Å². The predicted octanol–water partition coefficient (Wildman–Crippen LogP) is 11.2. The SMILES string of the molecule is Fc1ccc(C2c3ccc(s3)/C=C\c3ccc(s3)C(c3ccc(F)cc3)c3ccc(s3)/C=C\c3ccc2s3)cc1. The fourth-order valence-corrected chi connectivity index (χ4v) is 9.42. The molecule has 0 nitrogen and oxygen atoms in total. The van der Waals surface area contributed by atoms with Crippen LogP contribution in [0.15, 0.2) is 97.1 Å². The van der Waals surface area contributed by atoms with Crippen LogP contribution in [0.3, 0.4) is 0 Å². The number of hydrogen-bond donors (Lipinski definition) is 0. The van der Waals surface area contributed by atoms with Crippen LogP contribution in [0, 0.1) is 11.6 Å². The van der Waals surface area contributed by atoms with Crippen LogP contribution in [-0.4, -0.2) is 0 Å². The number of benzene rings is 2. The third kappa shape index (κ3) is 5.20. The molecule has 7 rings (SSSR count). The van der Waals surface area contributed by atoms with E-state index >= 15 is 0 Å². The maximum Gasteiger partial charge on any atom is 0.123 e. The molecule has 0 saturated carbocycles. The highest BCUT2D eigenvalue weighted by Crippen LogP contribution is 2.42. The van der Waals surface area contributed by atoms with E-state index in [-0.39, 0.29) is 23.5 Å². The number of thiophene rings is 4. The van der Waals surface area contributed by atoms with Gasteiger partial charge in [0.25, 0.3) is 0 Å². The van der Waals surface area contributed by atoms with Crippen molar-refractivity contribution in [2.24, 2.45) is 0 Å². The van der Waals surface area contributed by atoms with Crippen LogP contribution in [0.2, 0.25) is 0 Å². The molecular formula is C34H22F2S4. The van der Waals surface area contributed by atoms with Gasteiger partial charge in [-0.3, -0.25) is 0 Å². The van der Waals surface area contributed by atoms with E-state index in [1.807, 2.05) is 24.3 Å². The minimum atomic E-state index is -0.221. The molecule has 4 aromatic heterocycles. The highest BCUT2D eigenvalue weighted by atomic mass is 32.1. The summed E-state index contributed by atoms with van der Waals surface area (Å²) in [6.07, 6.45) is 8.70. The van der Waals surface area contributed by atoms with Crippen molar-refractivity contribution >= 4 is 69.7 Å². The Kier molecular flexibility index (Phi) is 6.94. The Hall–Kier alpha value is -3.42. The monoisotopic (exact) mass is 596 g/mol. The van der Waals surface area contributed by atoms with E-state index in [0.29, 0.717) is 0 Å². The second-order valence-corrected chi connectivity index (χ2v) is 14.2. The summed E-state index contributed by atoms with van der Waals surface area (Å²) in [6, 6.07) is 31.2. The van der Waals surface area contributed by atoms with Crippen molar-refractivity contribution in [3.8, 4) is 0 Å². The molecule has 0 radical (unpaired) electrons. The molecule has 2 aromatic carbocycles. The number of hydrogen-bond acceptors (Lipinski definition) is 4. The van der Waals surface area contributed by atoms with Gasteiger partial charge in [-0.15, -0.1) is 45.3 Å². The van der Waals surface area contributed by atoms with Gasteiger partial charge in [-0.1, -0.05) is 24.3 Å². The maximum atomic E-state index is 13.8. The molecule has 0 unspecified atom stereocenters. The van der Waals surface area contributed by atoms with Gasteiger partial charge in [-0.2, -0.15) is 0 Å². The van der Waals surface area contributed by atoms with Gasteiger partial charge in [0, 0.05) is 39.0 Å². The first kappa shape index (κ1) is 25.5. The lowest BCUT2D eigenvalue weighted by Crippen LogP contribution is -1.99. The fraction of sp³-hybridized carbons (Fsp3) is 0.0588. The van der Waals surface area contributed by atoms with E-state index in [9.17, 15) is 8.78 Å². The molecule has 0 spiro atoms. The van der Waals surface area contributed by atoms with Gasteiger partial charge in [0.2, 0.25) is 0 Å². The molecule has 0 N–H and O–H groups in total. The van der Waals surface area contributed by atoms with Gasteiger partial charge in [-0.05, 0) is 108 Å². The van der Waals surface area contributed by atoms with Crippen LogP contribution in [0.1, 0.15) is 62.0 Å². The molecule has 5 heterocycles. The Bertz CT molecular complexity index is 1600. The quantitative estimate of drug-likeness (QED) is 0.186. The highest BCUT2D eigenvalue weighted by Gasteiger charge is 2.22. The minimum Gasteiger partial charge on any atom is -0.207 e. The molecule has 40 heavy (non-hydrogen) atoms. The van der Waals surface area contributed by atoms with Gasteiger partial charge in [0.1, 0.15) is 11.6 Å². The van der Waals surface area contributed by atoms with E-state index in [1.54, 1.807) is 69.6 Å². The molecule has 0 amide bonds. The van der Waals surface area contributed by atoms with Crippen molar-refractivity contribution in [2.75, 3.05) is 0 Å². The lowest BCUT2D eigenvalue weighted by atomic mass is 9.95. The van der Waals surface area contributed by atoms with Crippen LogP contribution in [0.5, 0.6) is 0 Å². The zero-order valence-corrected chi connectivity index (χ0v) is 24.4. The van der Waals surface area contributed by atoms with Gasteiger partial charge < -0.3 is 0 Å². The number of rotatable bonds is 2. The Morgan fingerprint density at radius 1 is 0.350 bits per heavy atom. The Labute approximate surface area is 247 Å². The van der Waals surface area contributed by atoms with Crippen LogP contribution in [0.25, 0.3) is 24.3 Å². The fourth-order valence-electron chi connectivity index (χ4n) is 5.03. The summed E-state index contributed by atoms with van der Waals surface area (Å²) < 4.78 is 27.6. The van der Waals surface area contributed by atoms with Crippen LogP contribution in [-0.2, 0) is 0 Å². The van der Waals surface area contributed by atoms with E-state index in [0.717, 1.165) is 11.1 Å². The summed E-state index contributed by atoms with van der Waals surface area (Å²) in [4.78, 5) is 9.62. The molecule has 1 aliphatic rings. The molecule has 0 fully saturated rings. The number of halogens is 2. The predicted molar refractivity (Wildman–Crippen MR) is 170 cm³/mol. The third-order valence-corrected chi connectivity index (χ3v) is 11.4. The first-order chi connectivity index (χ1) is 19.6. The molecular weight excluding hydrogens is 575 g/mol. The normalized spacial score (nSPS) is 18.1. The second kappa shape index (κ2) is 10.9. The van der Waals surface area contributed by atoms with E-state index in [4.69, 9.17) is 0 Å². The molecule has 0 atom stereocenters. The minimum absolute atomic E-state index is 0.0527. The van der Waals surface area contributed by atoms with Crippen molar-refractivity contribution in [3.05, 3.63) is 159 Å². The average molecular weight is 597 g/mol. The van der Waals surface area contributed by atoms with Gasteiger partial charge >= 0.3 is 0 Å². The van der Waals surface area contributed by atoms with Crippen molar-refractivity contribution in [2.45, 2.75) is 11.8 Å². The van der Waals surface area contributed by atoms with E-state index in [2.05, 4.69) is 72.8 Å². The molecule has 1 aliphatic heterocycles. The molecule has 6 aromatic rings. The topological polar surface area (TPSA) is 0 Å². The van der Waals surface area contributed by atoms with Crippen LogP contribution >= 0.6 is 45.3 Å². The largest absolute Gasteiger partial charge is 0.207 e. The molecule has 0 saturated heterocycles. The van der Waals surface area contributed by atoms with E-state index in [1.165, 1.54) is 39.0 Å². The van der Waals surface area contributed by atoms with Crippen molar-refractivity contribution in [1.29, 1.82) is 0 Å². The molecule has 8 bridgehead atoms. The zero-order valence-electron chi connectivity index (χ0n) is 21.1. The summed E-state index contributed by atoms with van der Waals surface area (Å²) in [5, 5.41) is 0. The second-order valence-electron chi connectivity index (χ2n) is 9.60. The van der Waals surface area contributed by atoms with Gasteiger partial charge in [-0.25, -0.2) is 8.78 Å². The zero-order chi connectivity index (χ0) is 27.1. The lowest BCUT2D eigenvalue weighted by molar-refractivity contribution is 0.626. The summed E-state index contributed by atoms with van der Waals surface area (Å²) in [6.45, 7) is 0. The van der Waals surface area contributed by atoms with Crippen molar-refractivity contribution in [1.82, 2.24) is 0 Å². The molecule has 196 valence electrons. The maximum absolute atomic E-state index is 13.8. The standard InChI is InChI=1S/C34H22F2S4/c35-23-5-1-21(2-6-23)33-29-17-13-25(37-29)9-11-27-15-19-31(39-27)34(22-3-7-24(36)8-4-22)32-20-16-28(40-32)12-10-26-14-18-30(33)38-26/h1-20,33-34H/b11-9-,12-10-. The molecule has 0 aliphatic carbocycles. The lowest BCUT2D eigenvalue weighted by Gasteiger charge is -2.14. The first-order valence-electron chi connectivity index (χ1n) is 12.8. The Balaban J connectivity index is 1.35. The Morgan fingerprint density at radius 3 is 0.900 bits per heavy atom. The first-order valence-corrected chi connectivity index (χ1v) is 16.1. The summed E-state index contributed by atoms with van der Waals surface area (Å²) >= 11 is 7.08. The van der Waals surface area contributed by atoms with Gasteiger partial charge in [0.15, 0.2) is 0 Å². The summed E-state index contributed by atoms with van der Waals surface area (Å²) in [5.41, 5.74) is 2.17. The summed E-state index contributed by atoms with van der Waals surface area (Å²) in [7, 11) is 0. The smallest absolute Gasteiger partial charge is 0.123 e. The number of fused-ring (bicyclic) bond motifs is 8. The van der Waals surface area contributed by atoms with E-state index < -0.39 is 0 Å². The average Bonchev–Trinajstić information content (AvgIpc) is 3.77. The third-order valence-electron chi connectivity index (χ3n) is 6.96. The van der Waals surface area contributed by atoms with Crippen LogP contribution < -0.4 is 0 Å². The Morgan fingerprint density at radius 2 is 0.625 bits per heavy atom.